The lowest BCUT2D eigenvalue weighted by molar-refractivity contribution is -0.610. The fourth-order valence-electron chi connectivity index (χ4n) is 6.17. The Balaban J connectivity index is 1.22. The summed E-state index contributed by atoms with van der Waals surface area (Å²) in [5.74, 6) is 0.0123. The normalized spacial score (nSPS) is 24.1. The number of amides is 2. The Morgan fingerprint density at radius 3 is 2.21 bits per heavy atom. The lowest BCUT2D eigenvalue weighted by Gasteiger charge is -2.41. The van der Waals surface area contributed by atoms with Gasteiger partial charge in [-0.05, 0) is 98.0 Å². The highest BCUT2D eigenvalue weighted by Crippen LogP contribution is 2.29. The molecule has 3 fully saturated rings. The van der Waals surface area contributed by atoms with Crippen LogP contribution < -0.4 is 16.0 Å². The first-order valence-electron chi connectivity index (χ1n) is 14.7. The third-order valence-corrected chi connectivity index (χ3v) is 9.32. The van der Waals surface area contributed by atoms with Gasteiger partial charge in [-0.2, -0.15) is 0 Å². The minimum Gasteiger partial charge on any atom is -0.444 e. The molecule has 8 nitrogen and oxygen atoms in total. The van der Waals surface area contributed by atoms with Crippen molar-refractivity contribution in [3.8, 4) is 0 Å². The SMILES string of the molecule is CC(=N)c1cc(C(=O)NC2CCC(N3CCC(NC(=O)OC(C)(C)C)CC3)CC2)sc1[NH2+]C1CCCCC1. The lowest BCUT2D eigenvalue weighted by Crippen LogP contribution is -2.84. The molecular formula is C29H48N5O3S+. The first kappa shape index (κ1) is 29.0. The van der Waals surface area contributed by atoms with Crippen LogP contribution >= 0.6 is 11.3 Å². The summed E-state index contributed by atoms with van der Waals surface area (Å²) in [7, 11) is 0. The Labute approximate surface area is 232 Å². The third-order valence-electron chi connectivity index (χ3n) is 8.22. The number of quaternary nitrogens is 1. The molecule has 5 N–H and O–H groups in total. The van der Waals surface area contributed by atoms with Crippen molar-refractivity contribution in [2.75, 3.05) is 13.1 Å². The summed E-state index contributed by atoms with van der Waals surface area (Å²) in [4.78, 5) is 28.5. The van der Waals surface area contributed by atoms with Crippen molar-refractivity contribution in [3.63, 3.8) is 0 Å². The molecule has 1 aliphatic heterocycles. The summed E-state index contributed by atoms with van der Waals surface area (Å²) in [5.41, 5.74) is 0.978. The second-order valence-electron chi connectivity index (χ2n) is 12.5. The zero-order valence-electron chi connectivity index (χ0n) is 23.7. The van der Waals surface area contributed by atoms with Crippen molar-refractivity contribution in [1.29, 1.82) is 5.41 Å². The number of hydrogen-bond donors (Lipinski definition) is 4. The molecule has 0 bridgehead atoms. The van der Waals surface area contributed by atoms with Crippen LogP contribution in [0.3, 0.4) is 0 Å². The van der Waals surface area contributed by atoms with Crippen molar-refractivity contribution in [2.24, 2.45) is 0 Å². The maximum Gasteiger partial charge on any atom is 0.407 e. The van der Waals surface area contributed by atoms with Crippen LogP contribution in [0.5, 0.6) is 0 Å². The van der Waals surface area contributed by atoms with Crippen molar-refractivity contribution >= 4 is 34.0 Å². The van der Waals surface area contributed by atoms with E-state index in [1.54, 1.807) is 11.3 Å². The molecule has 0 radical (unpaired) electrons. The molecule has 2 amide bonds. The first-order valence-corrected chi connectivity index (χ1v) is 15.5. The van der Waals surface area contributed by atoms with E-state index in [0.717, 1.165) is 67.1 Å². The summed E-state index contributed by atoms with van der Waals surface area (Å²) in [6, 6.07) is 3.44. The molecular weight excluding hydrogens is 498 g/mol. The third kappa shape index (κ3) is 8.26. The Kier molecular flexibility index (Phi) is 9.87. The zero-order chi connectivity index (χ0) is 27.3. The number of carbonyl (C=O) groups is 2. The lowest BCUT2D eigenvalue weighted by atomic mass is 9.88. The van der Waals surface area contributed by atoms with E-state index in [2.05, 4.69) is 20.9 Å². The minimum absolute atomic E-state index is 0.0123. The number of likely N-dealkylation sites (tertiary alicyclic amines) is 1. The number of alkyl carbamates (subject to hydrolysis) is 1. The molecule has 3 aliphatic rings. The quantitative estimate of drug-likeness (QED) is 0.372. The van der Waals surface area contributed by atoms with Gasteiger partial charge in [0, 0.05) is 36.9 Å². The highest BCUT2D eigenvalue weighted by Gasteiger charge is 2.31. The van der Waals surface area contributed by atoms with Gasteiger partial charge in [-0.3, -0.25) is 4.79 Å². The number of rotatable bonds is 7. The Hall–Kier alpha value is -1.97. The standard InChI is InChI=1S/C29H47N5O3S/c1-19(30)24-18-25(38-27(24)32-20-8-6-5-7-9-20)26(35)31-21-10-12-23(13-11-21)34-16-14-22(15-17-34)33-28(36)37-29(2,3)4/h18,20-23,30,32H,5-17H2,1-4H3,(H,31,35)(H,33,36)/p+1. The fourth-order valence-corrected chi connectivity index (χ4v) is 7.32. The van der Waals surface area contributed by atoms with Gasteiger partial charge < -0.3 is 31.0 Å². The van der Waals surface area contributed by atoms with Crippen molar-refractivity contribution in [3.05, 3.63) is 16.5 Å². The van der Waals surface area contributed by atoms with Gasteiger partial charge >= 0.3 is 6.09 Å². The number of piperidine rings is 1. The van der Waals surface area contributed by atoms with Gasteiger partial charge in [0.25, 0.3) is 5.91 Å². The minimum atomic E-state index is -0.473. The largest absolute Gasteiger partial charge is 0.444 e. The van der Waals surface area contributed by atoms with Crippen LogP contribution in [0.15, 0.2) is 6.07 Å². The molecule has 2 saturated carbocycles. The van der Waals surface area contributed by atoms with Crippen LogP contribution in [0, 0.1) is 5.41 Å². The predicted octanol–water partition coefficient (Wildman–Crippen LogP) is 4.69. The summed E-state index contributed by atoms with van der Waals surface area (Å²) in [6.07, 6.45) is 12.1. The molecule has 0 unspecified atom stereocenters. The number of nitrogens with one attached hydrogen (secondary N) is 3. The van der Waals surface area contributed by atoms with Gasteiger partial charge in [-0.15, -0.1) is 0 Å². The van der Waals surface area contributed by atoms with Gasteiger partial charge in [-0.25, -0.2) is 4.79 Å². The summed E-state index contributed by atoms with van der Waals surface area (Å²) in [5, 5.41) is 18.0. The second-order valence-corrected chi connectivity index (χ2v) is 13.6. The second kappa shape index (κ2) is 12.9. The van der Waals surface area contributed by atoms with E-state index in [1.165, 1.54) is 32.1 Å². The average Bonchev–Trinajstić information content (AvgIpc) is 3.29. The van der Waals surface area contributed by atoms with E-state index in [0.29, 0.717) is 17.8 Å². The zero-order valence-corrected chi connectivity index (χ0v) is 24.6. The Morgan fingerprint density at radius 1 is 0.974 bits per heavy atom. The average molecular weight is 547 g/mol. The molecule has 1 aromatic rings. The van der Waals surface area contributed by atoms with Crippen LogP contribution in [0.4, 0.5) is 9.80 Å². The summed E-state index contributed by atoms with van der Waals surface area (Å²) in [6.45, 7) is 9.46. The molecule has 0 atom stereocenters. The molecule has 2 heterocycles. The number of ether oxygens (including phenoxy) is 1. The molecule has 2 aliphatic carbocycles. The highest BCUT2D eigenvalue weighted by atomic mass is 32.1. The topological polar surface area (TPSA) is 111 Å². The van der Waals surface area contributed by atoms with Gasteiger partial charge in [0.2, 0.25) is 0 Å². The van der Waals surface area contributed by atoms with E-state index in [9.17, 15) is 9.59 Å². The summed E-state index contributed by atoms with van der Waals surface area (Å²) < 4.78 is 5.40. The molecule has 212 valence electrons. The van der Waals surface area contributed by atoms with Crippen LogP contribution in [0.2, 0.25) is 0 Å². The van der Waals surface area contributed by atoms with E-state index < -0.39 is 5.60 Å². The highest BCUT2D eigenvalue weighted by molar-refractivity contribution is 7.17. The molecule has 0 spiro atoms. The van der Waals surface area contributed by atoms with Crippen LogP contribution in [0.1, 0.15) is 114 Å². The molecule has 38 heavy (non-hydrogen) atoms. The van der Waals surface area contributed by atoms with Gasteiger partial charge in [0.1, 0.15) is 5.60 Å². The molecule has 0 aromatic carbocycles. The van der Waals surface area contributed by atoms with E-state index in [-0.39, 0.29) is 24.1 Å². The number of thiophene rings is 1. The van der Waals surface area contributed by atoms with Crippen molar-refractivity contribution in [1.82, 2.24) is 15.5 Å². The number of hydrogen-bond acceptors (Lipinski definition) is 6. The van der Waals surface area contributed by atoms with Crippen molar-refractivity contribution < 1.29 is 19.6 Å². The summed E-state index contributed by atoms with van der Waals surface area (Å²) >= 11 is 1.55. The van der Waals surface area contributed by atoms with E-state index >= 15 is 0 Å². The number of carbonyl (C=O) groups excluding carboxylic acids is 2. The Morgan fingerprint density at radius 2 is 1.61 bits per heavy atom. The van der Waals surface area contributed by atoms with Crippen LogP contribution in [-0.2, 0) is 4.74 Å². The molecule has 9 heteroatoms. The van der Waals surface area contributed by atoms with Crippen LogP contribution in [-0.4, -0.2) is 65.5 Å². The van der Waals surface area contributed by atoms with Gasteiger partial charge in [0.15, 0.2) is 5.00 Å². The smallest absolute Gasteiger partial charge is 0.407 e. The maximum atomic E-state index is 13.1. The first-order chi connectivity index (χ1) is 18.1. The fraction of sp³-hybridized carbons (Fsp3) is 0.759. The molecule has 1 saturated heterocycles. The number of nitrogens with zero attached hydrogens (tertiary/aromatic N) is 1. The van der Waals surface area contributed by atoms with E-state index in [4.69, 9.17) is 10.1 Å². The predicted molar refractivity (Wildman–Crippen MR) is 153 cm³/mol. The van der Waals surface area contributed by atoms with Gasteiger partial charge in [0.05, 0.1) is 16.5 Å². The van der Waals surface area contributed by atoms with E-state index in [1.807, 2.05) is 33.8 Å². The molecule has 4 rings (SSSR count). The molecule has 1 aromatic heterocycles. The van der Waals surface area contributed by atoms with Gasteiger partial charge in [-0.1, -0.05) is 17.8 Å². The monoisotopic (exact) mass is 546 g/mol. The van der Waals surface area contributed by atoms with Crippen molar-refractivity contribution in [2.45, 2.75) is 128 Å². The number of nitrogens with two attached hydrogens (primary N) is 1. The van der Waals surface area contributed by atoms with Crippen LogP contribution in [0.25, 0.3) is 0 Å². The maximum absolute atomic E-state index is 13.1. The Bertz CT molecular complexity index is 965.